The van der Waals surface area contributed by atoms with Gasteiger partial charge in [-0.2, -0.15) is 0 Å². The lowest BCUT2D eigenvalue weighted by Gasteiger charge is -2.37. The second-order valence-electron chi connectivity index (χ2n) is 7.10. The molecule has 1 heterocycles. The van der Waals surface area contributed by atoms with E-state index in [0.29, 0.717) is 6.04 Å². The molecule has 1 amide bonds. The van der Waals surface area contributed by atoms with E-state index in [2.05, 4.69) is 4.90 Å². The highest BCUT2D eigenvalue weighted by atomic mass is 16.6. The van der Waals surface area contributed by atoms with Crippen LogP contribution in [0.1, 0.15) is 47.5 Å². The highest BCUT2D eigenvalue weighted by Gasteiger charge is 2.27. The first-order chi connectivity index (χ1) is 9.60. The van der Waals surface area contributed by atoms with Crippen LogP contribution in [0.3, 0.4) is 0 Å². The Morgan fingerprint density at radius 1 is 1.29 bits per heavy atom. The summed E-state index contributed by atoms with van der Waals surface area (Å²) in [7, 11) is 1.87. The molecule has 5 heteroatoms. The number of carbonyl (C=O) groups excluding carboxylic acids is 2. The van der Waals surface area contributed by atoms with E-state index < -0.39 is 5.60 Å². The van der Waals surface area contributed by atoms with Crippen molar-refractivity contribution in [3.8, 4) is 0 Å². The molecular weight excluding hydrogens is 268 g/mol. The minimum Gasteiger partial charge on any atom is -0.460 e. The maximum Gasteiger partial charge on any atom is 0.310 e. The fourth-order valence-corrected chi connectivity index (χ4v) is 2.61. The molecule has 0 radical (unpaired) electrons. The van der Waals surface area contributed by atoms with Gasteiger partial charge in [-0.25, -0.2) is 0 Å². The van der Waals surface area contributed by atoms with E-state index in [9.17, 15) is 9.59 Å². The van der Waals surface area contributed by atoms with Crippen LogP contribution in [0.25, 0.3) is 0 Å². The molecule has 0 unspecified atom stereocenters. The molecule has 122 valence electrons. The van der Waals surface area contributed by atoms with Crippen LogP contribution in [-0.4, -0.2) is 60.0 Å². The molecule has 0 saturated carbocycles. The maximum atomic E-state index is 12.0. The number of hydrogen-bond donors (Lipinski definition) is 0. The summed E-state index contributed by atoms with van der Waals surface area (Å²) >= 11 is 0. The van der Waals surface area contributed by atoms with Gasteiger partial charge in [0.15, 0.2) is 0 Å². The molecule has 1 aliphatic heterocycles. The fraction of sp³-hybridized carbons (Fsp3) is 0.875. The van der Waals surface area contributed by atoms with Crippen molar-refractivity contribution in [1.82, 2.24) is 9.80 Å². The number of carbonyl (C=O) groups is 2. The lowest BCUT2D eigenvalue weighted by atomic mass is 10.0. The number of amides is 1. The second-order valence-corrected chi connectivity index (χ2v) is 7.10. The van der Waals surface area contributed by atoms with E-state index in [-0.39, 0.29) is 17.8 Å². The van der Waals surface area contributed by atoms with Crippen LogP contribution in [0.15, 0.2) is 0 Å². The Morgan fingerprint density at radius 3 is 2.24 bits per heavy atom. The molecule has 0 bridgehead atoms. The molecule has 0 aliphatic carbocycles. The van der Waals surface area contributed by atoms with Crippen LogP contribution in [0.5, 0.6) is 0 Å². The summed E-state index contributed by atoms with van der Waals surface area (Å²) in [4.78, 5) is 27.5. The second kappa shape index (κ2) is 7.25. The number of esters is 1. The van der Waals surface area contributed by atoms with Crippen LogP contribution in [-0.2, 0) is 14.3 Å². The Bertz CT molecular complexity index is 368. The van der Waals surface area contributed by atoms with Crippen molar-refractivity contribution in [3.05, 3.63) is 0 Å². The van der Waals surface area contributed by atoms with Crippen molar-refractivity contribution in [2.75, 3.05) is 26.7 Å². The zero-order valence-corrected chi connectivity index (χ0v) is 14.3. The minimum absolute atomic E-state index is 0.119. The fourth-order valence-electron chi connectivity index (χ4n) is 2.61. The van der Waals surface area contributed by atoms with Crippen molar-refractivity contribution in [2.24, 2.45) is 5.92 Å². The molecule has 21 heavy (non-hydrogen) atoms. The molecule has 1 saturated heterocycles. The Labute approximate surface area is 128 Å². The third-order valence-electron chi connectivity index (χ3n) is 3.94. The van der Waals surface area contributed by atoms with E-state index >= 15 is 0 Å². The maximum absolute atomic E-state index is 12.0. The molecule has 1 fully saturated rings. The van der Waals surface area contributed by atoms with Crippen molar-refractivity contribution in [2.45, 2.75) is 59.1 Å². The van der Waals surface area contributed by atoms with Crippen LogP contribution >= 0.6 is 0 Å². The molecule has 0 aromatic rings. The van der Waals surface area contributed by atoms with E-state index in [4.69, 9.17) is 4.74 Å². The summed E-state index contributed by atoms with van der Waals surface area (Å²) in [6.45, 7) is 11.8. The summed E-state index contributed by atoms with van der Waals surface area (Å²) in [6, 6.07) is 0.329. The number of ether oxygens (including phenoxy) is 1. The van der Waals surface area contributed by atoms with Crippen molar-refractivity contribution in [1.29, 1.82) is 0 Å². The highest BCUT2D eigenvalue weighted by Crippen LogP contribution is 2.18. The number of likely N-dealkylation sites (tertiary alicyclic amines) is 1. The summed E-state index contributed by atoms with van der Waals surface area (Å²) < 4.78 is 5.41. The number of rotatable bonds is 4. The molecular formula is C16H30N2O3. The van der Waals surface area contributed by atoms with Crippen LogP contribution in [0.4, 0.5) is 0 Å². The zero-order chi connectivity index (χ0) is 16.2. The normalized spacial score (nSPS) is 19.1. The van der Waals surface area contributed by atoms with Gasteiger partial charge in [-0.3, -0.25) is 9.59 Å². The van der Waals surface area contributed by atoms with Gasteiger partial charge in [0.25, 0.3) is 0 Å². The minimum atomic E-state index is -0.428. The predicted octanol–water partition coefficient (Wildman–Crippen LogP) is 1.91. The smallest absolute Gasteiger partial charge is 0.310 e. The van der Waals surface area contributed by atoms with Gasteiger partial charge in [0, 0.05) is 39.6 Å². The molecule has 1 atom stereocenters. The summed E-state index contributed by atoms with van der Waals surface area (Å²) in [5.74, 6) is -0.132. The van der Waals surface area contributed by atoms with Crippen molar-refractivity contribution >= 4 is 11.9 Å². The van der Waals surface area contributed by atoms with Gasteiger partial charge in [-0.1, -0.05) is 6.92 Å². The number of nitrogens with zero attached hydrogens (tertiary/aromatic N) is 2. The Hall–Kier alpha value is -1.10. The van der Waals surface area contributed by atoms with Crippen LogP contribution in [0.2, 0.25) is 0 Å². The number of piperidine rings is 1. The van der Waals surface area contributed by atoms with E-state index in [1.54, 1.807) is 6.92 Å². The van der Waals surface area contributed by atoms with Crippen LogP contribution in [0, 0.1) is 5.92 Å². The summed E-state index contributed by atoms with van der Waals surface area (Å²) in [5, 5.41) is 0. The lowest BCUT2D eigenvalue weighted by molar-refractivity contribution is -0.160. The zero-order valence-electron chi connectivity index (χ0n) is 14.3. The summed E-state index contributed by atoms with van der Waals surface area (Å²) in [6.07, 6.45) is 1.94. The average molecular weight is 298 g/mol. The van der Waals surface area contributed by atoms with Crippen molar-refractivity contribution in [3.63, 3.8) is 0 Å². The van der Waals surface area contributed by atoms with Crippen LogP contribution < -0.4 is 0 Å². The SMILES string of the molecule is CC(=O)N(C)C1CCN(C[C@@H](C)C(=O)OC(C)(C)C)CC1. The highest BCUT2D eigenvalue weighted by molar-refractivity contribution is 5.73. The summed E-state index contributed by atoms with van der Waals surface area (Å²) in [5.41, 5.74) is -0.428. The first-order valence-electron chi connectivity index (χ1n) is 7.78. The first-order valence-corrected chi connectivity index (χ1v) is 7.78. The molecule has 5 nitrogen and oxygen atoms in total. The quantitative estimate of drug-likeness (QED) is 0.744. The Morgan fingerprint density at radius 2 is 1.81 bits per heavy atom. The first kappa shape index (κ1) is 18.0. The van der Waals surface area contributed by atoms with Gasteiger partial charge in [0.1, 0.15) is 5.60 Å². The van der Waals surface area contributed by atoms with Gasteiger partial charge in [-0.15, -0.1) is 0 Å². The molecule has 0 spiro atoms. The van der Waals surface area contributed by atoms with Gasteiger partial charge in [0.2, 0.25) is 5.91 Å². The van der Waals surface area contributed by atoms with Gasteiger partial charge in [0.05, 0.1) is 5.92 Å². The predicted molar refractivity (Wildman–Crippen MR) is 82.9 cm³/mol. The molecule has 1 aliphatic rings. The number of hydrogen-bond acceptors (Lipinski definition) is 4. The third kappa shape index (κ3) is 6.04. The van der Waals surface area contributed by atoms with E-state index in [0.717, 1.165) is 32.5 Å². The lowest BCUT2D eigenvalue weighted by Crippen LogP contribution is -2.46. The van der Waals surface area contributed by atoms with Gasteiger partial charge < -0.3 is 14.5 Å². The van der Waals surface area contributed by atoms with E-state index in [1.165, 1.54) is 0 Å². The van der Waals surface area contributed by atoms with Crippen molar-refractivity contribution < 1.29 is 14.3 Å². The standard InChI is InChI=1S/C16H30N2O3/c1-12(15(20)21-16(3,4)5)11-18-9-7-14(8-10-18)17(6)13(2)19/h12,14H,7-11H2,1-6H3/t12-/m1/s1. The topological polar surface area (TPSA) is 49.9 Å². The molecule has 0 N–H and O–H groups in total. The molecule has 1 rings (SSSR count). The Kier molecular flexibility index (Phi) is 6.20. The monoisotopic (exact) mass is 298 g/mol. The average Bonchev–Trinajstić information content (AvgIpc) is 2.36. The Balaban J connectivity index is 2.38. The van der Waals surface area contributed by atoms with E-state index in [1.807, 2.05) is 39.6 Å². The third-order valence-corrected chi connectivity index (χ3v) is 3.94. The largest absolute Gasteiger partial charge is 0.460 e. The molecule has 0 aromatic carbocycles. The van der Waals surface area contributed by atoms with Gasteiger partial charge >= 0.3 is 5.97 Å². The molecule has 0 aromatic heterocycles. The van der Waals surface area contributed by atoms with Gasteiger partial charge in [-0.05, 0) is 33.6 Å².